The van der Waals surface area contributed by atoms with E-state index in [2.05, 4.69) is 5.32 Å². The smallest absolute Gasteiger partial charge is 0.322 e. The third-order valence-electron chi connectivity index (χ3n) is 3.01. The molecule has 0 bridgehead atoms. The number of hydrogen-bond acceptors (Lipinski definition) is 3. The molecule has 0 heterocycles. The first-order valence-corrected chi connectivity index (χ1v) is 7.08. The van der Waals surface area contributed by atoms with Crippen LogP contribution < -0.4 is 5.32 Å². The third-order valence-corrected chi connectivity index (χ3v) is 3.61. The zero-order valence-corrected chi connectivity index (χ0v) is 13.3. The van der Waals surface area contributed by atoms with Crippen LogP contribution in [0.25, 0.3) is 0 Å². The molecule has 0 spiro atoms. The predicted octanol–water partition coefficient (Wildman–Crippen LogP) is 5.31. The van der Waals surface area contributed by atoms with Crippen molar-refractivity contribution in [2.75, 3.05) is 5.32 Å². The van der Waals surface area contributed by atoms with Gasteiger partial charge in [0.1, 0.15) is 11.4 Å². The molecule has 0 saturated heterocycles. The number of amides is 1. The van der Waals surface area contributed by atoms with Gasteiger partial charge in [-0.2, -0.15) is 13.2 Å². The zero-order chi connectivity index (χ0) is 18.9. The lowest BCUT2D eigenvalue weighted by Crippen LogP contribution is -2.15. The highest BCUT2D eigenvalue weighted by Gasteiger charge is 2.38. The fraction of sp³-hybridized carbons (Fsp3) is 0.0714. The van der Waals surface area contributed by atoms with Gasteiger partial charge in [0.25, 0.3) is 11.6 Å². The molecule has 0 aromatic heterocycles. The Labute approximate surface area is 147 Å². The number of halogens is 6. The van der Waals surface area contributed by atoms with Gasteiger partial charge in [-0.15, -0.1) is 0 Å². The molecule has 0 saturated carbocycles. The van der Waals surface area contributed by atoms with Crippen molar-refractivity contribution in [3.8, 4) is 0 Å². The number of rotatable bonds is 3. The van der Waals surface area contributed by atoms with Crippen molar-refractivity contribution in [1.82, 2.24) is 0 Å². The second-order valence-electron chi connectivity index (χ2n) is 4.69. The summed E-state index contributed by atoms with van der Waals surface area (Å²) in [6.07, 6.45) is -5.01. The molecule has 132 valence electrons. The van der Waals surface area contributed by atoms with Crippen molar-refractivity contribution in [3.05, 3.63) is 67.4 Å². The second kappa shape index (κ2) is 6.85. The number of hydrogen-bond donors (Lipinski definition) is 1. The molecule has 2 rings (SSSR count). The van der Waals surface area contributed by atoms with Gasteiger partial charge in [0.15, 0.2) is 0 Å². The maximum absolute atomic E-state index is 13.4. The molecule has 0 atom stereocenters. The molecule has 0 radical (unpaired) electrons. The second-order valence-corrected chi connectivity index (χ2v) is 5.50. The van der Waals surface area contributed by atoms with Gasteiger partial charge in [0.05, 0.1) is 20.5 Å². The average molecular weight is 397 g/mol. The van der Waals surface area contributed by atoms with E-state index in [1.807, 2.05) is 0 Å². The Morgan fingerprint density at radius 3 is 2.32 bits per heavy atom. The summed E-state index contributed by atoms with van der Waals surface area (Å²) in [6, 6.07) is 3.59. The monoisotopic (exact) mass is 396 g/mol. The summed E-state index contributed by atoms with van der Waals surface area (Å²) >= 11 is 11.2. The summed E-state index contributed by atoms with van der Waals surface area (Å²) in [5.74, 6) is -1.96. The van der Waals surface area contributed by atoms with E-state index in [0.717, 1.165) is 18.2 Å². The SMILES string of the molecule is O=C(Nc1ccc([N+](=O)[O-])c(C(F)(F)F)c1)c1cc(F)c(Cl)cc1Cl. The molecule has 25 heavy (non-hydrogen) atoms. The minimum Gasteiger partial charge on any atom is -0.322 e. The van der Waals surface area contributed by atoms with Crippen LogP contribution in [0.15, 0.2) is 30.3 Å². The number of nitrogens with zero attached hydrogens (tertiary/aromatic N) is 1. The molecule has 2 aromatic carbocycles. The number of benzene rings is 2. The van der Waals surface area contributed by atoms with Gasteiger partial charge in [0.2, 0.25) is 0 Å². The first-order valence-electron chi connectivity index (χ1n) is 6.32. The topological polar surface area (TPSA) is 72.2 Å². The van der Waals surface area contributed by atoms with Crippen LogP contribution in [-0.4, -0.2) is 10.8 Å². The van der Waals surface area contributed by atoms with Crippen LogP contribution in [0.5, 0.6) is 0 Å². The number of alkyl halides is 3. The molecule has 5 nitrogen and oxygen atoms in total. The average Bonchev–Trinajstić information content (AvgIpc) is 2.49. The highest BCUT2D eigenvalue weighted by Crippen LogP contribution is 2.37. The Morgan fingerprint density at radius 1 is 1.12 bits per heavy atom. The summed E-state index contributed by atoms with van der Waals surface area (Å²) in [5, 5.41) is 12.2. The summed E-state index contributed by atoms with van der Waals surface area (Å²) in [6.45, 7) is 0. The molecular formula is C14H6Cl2F4N2O3. The Balaban J connectivity index is 2.39. The largest absolute Gasteiger partial charge is 0.423 e. The molecule has 0 aliphatic rings. The lowest BCUT2D eigenvalue weighted by Gasteiger charge is -2.11. The maximum atomic E-state index is 13.4. The van der Waals surface area contributed by atoms with Crippen LogP contribution in [0.2, 0.25) is 10.0 Å². The molecule has 1 amide bonds. The van der Waals surface area contributed by atoms with E-state index in [-0.39, 0.29) is 21.3 Å². The van der Waals surface area contributed by atoms with E-state index in [9.17, 15) is 32.5 Å². The van der Waals surface area contributed by atoms with Crippen LogP contribution in [0, 0.1) is 15.9 Å². The molecule has 2 aromatic rings. The number of nitro groups is 1. The highest BCUT2D eigenvalue weighted by molar-refractivity contribution is 6.37. The van der Waals surface area contributed by atoms with Gasteiger partial charge in [-0.25, -0.2) is 4.39 Å². The first kappa shape index (κ1) is 18.9. The predicted molar refractivity (Wildman–Crippen MR) is 82.5 cm³/mol. The third kappa shape index (κ3) is 4.18. The van der Waals surface area contributed by atoms with Crippen molar-refractivity contribution in [3.63, 3.8) is 0 Å². The van der Waals surface area contributed by atoms with Crippen LogP contribution in [-0.2, 0) is 6.18 Å². The Bertz CT molecular complexity index is 872. The molecule has 0 aliphatic heterocycles. The minimum absolute atomic E-state index is 0.221. The van der Waals surface area contributed by atoms with Crippen molar-refractivity contribution < 1.29 is 27.3 Å². The highest BCUT2D eigenvalue weighted by atomic mass is 35.5. The summed E-state index contributed by atoms with van der Waals surface area (Å²) < 4.78 is 52.2. The lowest BCUT2D eigenvalue weighted by atomic mass is 10.1. The van der Waals surface area contributed by atoms with Gasteiger partial charge < -0.3 is 5.32 Å². The van der Waals surface area contributed by atoms with Gasteiger partial charge in [-0.1, -0.05) is 23.2 Å². The van der Waals surface area contributed by atoms with E-state index < -0.39 is 34.1 Å². The summed E-state index contributed by atoms with van der Waals surface area (Å²) in [5.41, 5.74) is -3.45. The molecule has 0 aliphatic carbocycles. The van der Waals surface area contributed by atoms with Gasteiger partial charge >= 0.3 is 6.18 Å². The van der Waals surface area contributed by atoms with Crippen molar-refractivity contribution in [1.29, 1.82) is 0 Å². The zero-order valence-electron chi connectivity index (χ0n) is 11.8. The summed E-state index contributed by atoms with van der Waals surface area (Å²) in [4.78, 5) is 21.5. The number of carbonyl (C=O) groups excluding carboxylic acids is 1. The molecular weight excluding hydrogens is 391 g/mol. The van der Waals surface area contributed by atoms with Gasteiger partial charge in [-0.3, -0.25) is 14.9 Å². The standard InChI is InChI=1S/C14H6Cl2F4N2O3/c15-9-5-10(16)11(17)4-7(9)13(23)21-6-1-2-12(22(24)25)8(3-6)14(18,19)20/h1-5H,(H,21,23). The molecule has 0 fully saturated rings. The Kier molecular flexibility index (Phi) is 5.19. The number of carbonyl (C=O) groups is 1. The fourth-order valence-corrected chi connectivity index (χ4v) is 2.36. The van der Waals surface area contributed by atoms with Crippen LogP contribution in [0.3, 0.4) is 0 Å². The summed E-state index contributed by atoms with van der Waals surface area (Å²) in [7, 11) is 0. The van der Waals surface area contributed by atoms with E-state index in [1.165, 1.54) is 0 Å². The fourth-order valence-electron chi connectivity index (χ4n) is 1.90. The van der Waals surface area contributed by atoms with Gasteiger partial charge in [-0.05, 0) is 24.3 Å². The quantitative estimate of drug-likeness (QED) is 0.330. The first-order chi connectivity index (χ1) is 11.5. The normalized spacial score (nSPS) is 11.3. The minimum atomic E-state index is -5.01. The van der Waals surface area contributed by atoms with E-state index in [1.54, 1.807) is 0 Å². The number of nitro benzene ring substituents is 1. The van der Waals surface area contributed by atoms with Crippen molar-refractivity contribution in [2.45, 2.75) is 6.18 Å². The maximum Gasteiger partial charge on any atom is 0.423 e. The van der Waals surface area contributed by atoms with Crippen LogP contribution >= 0.6 is 23.2 Å². The van der Waals surface area contributed by atoms with Crippen LogP contribution in [0.4, 0.5) is 28.9 Å². The molecule has 0 unspecified atom stereocenters. The van der Waals surface area contributed by atoms with E-state index >= 15 is 0 Å². The van der Waals surface area contributed by atoms with Crippen molar-refractivity contribution >= 4 is 40.5 Å². The number of nitrogens with one attached hydrogen (secondary N) is 1. The number of anilines is 1. The molecule has 1 N–H and O–H groups in total. The molecule has 11 heteroatoms. The Hall–Kier alpha value is -2.39. The lowest BCUT2D eigenvalue weighted by molar-refractivity contribution is -0.388. The van der Waals surface area contributed by atoms with Crippen LogP contribution in [0.1, 0.15) is 15.9 Å². The van der Waals surface area contributed by atoms with E-state index in [0.29, 0.717) is 12.1 Å². The van der Waals surface area contributed by atoms with E-state index in [4.69, 9.17) is 23.2 Å². The van der Waals surface area contributed by atoms with Crippen molar-refractivity contribution in [2.24, 2.45) is 0 Å². The van der Waals surface area contributed by atoms with Gasteiger partial charge in [0, 0.05) is 11.8 Å². The Morgan fingerprint density at radius 2 is 1.76 bits per heavy atom.